The van der Waals surface area contributed by atoms with Crippen molar-refractivity contribution in [1.82, 2.24) is 0 Å². The van der Waals surface area contributed by atoms with Crippen molar-refractivity contribution < 1.29 is 19.4 Å². The lowest BCUT2D eigenvalue weighted by Crippen LogP contribution is -2.29. The SMILES string of the molecule is COc1ccccc1/C(O)=C1/C(=O)C(=O)N(c2cc(Cl)ccc2C)C1c1cccs1. The Balaban J connectivity index is 1.98. The van der Waals surface area contributed by atoms with Crippen LogP contribution in [0.5, 0.6) is 5.75 Å². The number of Topliss-reactive ketones (excluding diaryl/α,β-unsaturated/α-hetero) is 1. The lowest BCUT2D eigenvalue weighted by Gasteiger charge is -2.26. The van der Waals surface area contributed by atoms with Crippen LogP contribution in [0.25, 0.3) is 5.76 Å². The van der Waals surface area contributed by atoms with Gasteiger partial charge in [0.25, 0.3) is 11.7 Å². The molecule has 1 unspecified atom stereocenters. The third-order valence-electron chi connectivity index (χ3n) is 5.05. The number of carbonyl (C=O) groups is 2. The Bertz CT molecular complexity index is 1170. The third kappa shape index (κ3) is 3.28. The van der Waals surface area contributed by atoms with E-state index in [0.29, 0.717) is 22.0 Å². The van der Waals surface area contributed by atoms with Crippen molar-refractivity contribution in [1.29, 1.82) is 0 Å². The minimum Gasteiger partial charge on any atom is -0.507 e. The normalized spacial score (nSPS) is 18.1. The first-order valence-corrected chi connectivity index (χ1v) is 10.4. The third-order valence-corrected chi connectivity index (χ3v) is 6.21. The number of hydrogen-bond acceptors (Lipinski definition) is 5. The zero-order valence-corrected chi connectivity index (χ0v) is 17.8. The van der Waals surface area contributed by atoms with Crippen LogP contribution in [0, 0.1) is 6.92 Å². The number of anilines is 1. The number of rotatable bonds is 4. The number of thiophene rings is 1. The van der Waals surface area contributed by atoms with Gasteiger partial charge in [-0.15, -0.1) is 11.3 Å². The molecule has 1 aliphatic heterocycles. The number of ether oxygens (including phenoxy) is 1. The first-order valence-electron chi connectivity index (χ1n) is 9.18. The Morgan fingerprint density at radius 1 is 1.13 bits per heavy atom. The van der Waals surface area contributed by atoms with Gasteiger partial charge in [0.15, 0.2) is 0 Å². The van der Waals surface area contributed by atoms with Gasteiger partial charge in [-0.2, -0.15) is 0 Å². The second kappa shape index (κ2) is 7.97. The topological polar surface area (TPSA) is 66.8 Å². The van der Waals surface area contributed by atoms with E-state index in [-0.39, 0.29) is 11.3 Å². The van der Waals surface area contributed by atoms with Crippen LogP contribution in [0.1, 0.15) is 22.0 Å². The number of aryl methyl sites for hydroxylation is 1. The molecule has 1 aliphatic rings. The number of aliphatic hydroxyl groups excluding tert-OH is 1. The molecule has 1 fully saturated rings. The quantitative estimate of drug-likeness (QED) is 0.338. The van der Waals surface area contributed by atoms with Gasteiger partial charge < -0.3 is 9.84 Å². The predicted molar refractivity (Wildman–Crippen MR) is 118 cm³/mol. The Kier molecular flexibility index (Phi) is 5.37. The first kappa shape index (κ1) is 20.2. The van der Waals surface area contributed by atoms with Crippen LogP contribution < -0.4 is 9.64 Å². The number of ketones is 1. The number of methoxy groups -OCH3 is 1. The predicted octanol–water partition coefficient (Wildman–Crippen LogP) is 5.34. The molecule has 7 heteroatoms. The van der Waals surface area contributed by atoms with Crippen molar-refractivity contribution in [3.63, 3.8) is 0 Å². The molecule has 1 amide bonds. The molecular weight excluding hydrogens is 422 g/mol. The molecule has 152 valence electrons. The molecule has 4 rings (SSSR count). The van der Waals surface area contributed by atoms with Gasteiger partial charge in [-0.3, -0.25) is 14.5 Å². The fourth-order valence-electron chi connectivity index (χ4n) is 3.62. The maximum absolute atomic E-state index is 13.1. The molecule has 2 aromatic carbocycles. The monoisotopic (exact) mass is 439 g/mol. The molecule has 2 heterocycles. The number of carbonyl (C=O) groups excluding carboxylic acids is 2. The first-order chi connectivity index (χ1) is 14.4. The second-order valence-electron chi connectivity index (χ2n) is 6.82. The summed E-state index contributed by atoms with van der Waals surface area (Å²) in [6.45, 7) is 1.84. The standard InChI is InChI=1S/C23H18ClNO4S/c1-13-9-10-14(24)12-16(13)25-20(18-8-5-11-30-18)19(22(27)23(25)28)21(26)15-6-3-4-7-17(15)29-2/h3-12,20,26H,1-2H3/b21-19-. The van der Waals surface area contributed by atoms with E-state index in [1.165, 1.54) is 23.3 Å². The molecule has 3 aromatic rings. The van der Waals surface area contributed by atoms with Crippen LogP contribution in [0.2, 0.25) is 5.02 Å². The average molecular weight is 440 g/mol. The largest absolute Gasteiger partial charge is 0.507 e. The van der Waals surface area contributed by atoms with E-state index in [4.69, 9.17) is 16.3 Å². The lowest BCUT2D eigenvalue weighted by molar-refractivity contribution is -0.132. The minimum atomic E-state index is -0.771. The zero-order chi connectivity index (χ0) is 21.4. The Hall–Kier alpha value is -3.09. The van der Waals surface area contributed by atoms with Gasteiger partial charge in [-0.1, -0.05) is 35.9 Å². The summed E-state index contributed by atoms with van der Waals surface area (Å²) in [5.74, 6) is -1.33. The summed E-state index contributed by atoms with van der Waals surface area (Å²) in [5.41, 5.74) is 1.69. The number of nitrogens with zero attached hydrogens (tertiary/aromatic N) is 1. The maximum atomic E-state index is 13.1. The van der Waals surface area contributed by atoms with E-state index in [0.717, 1.165) is 10.4 Å². The molecule has 1 saturated heterocycles. The molecule has 5 nitrogen and oxygen atoms in total. The highest BCUT2D eigenvalue weighted by molar-refractivity contribution is 7.10. The van der Waals surface area contributed by atoms with Crippen molar-refractivity contribution >= 4 is 46.1 Å². The highest BCUT2D eigenvalue weighted by Gasteiger charge is 2.48. The molecule has 30 heavy (non-hydrogen) atoms. The van der Waals surface area contributed by atoms with E-state index in [9.17, 15) is 14.7 Å². The van der Waals surface area contributed by atoms with E-state index in [1.807, 2.05) is 24.4 Å². The van der Waals surface area contributed by atoms with Crippen molar-refractivity contribution in [2.45, 2.75) is 13.0 Å². The fourth-order valence-corrected chi connectivity index (χ4v) is 4.61. The van der Waals surface area contributed by atoms with Gasteiger partial charge in [0.1, 0.15) is 17.6 Å². The zero-order valence-electron chi connectivity index (χ0n) is 16.3. The molecule has 1 atom stereocenters. The van der Waals surface area contributed by atoms with Crippen LogP contribution in [0.15, 0.2) is 65.6 Å². The van der Waals surface area contributed by atoms with Gasteiger partial charge in [0.2, 0.25) is 0 Å². The molecular formula is C23H18ClNO4S. The van der Waals surface area contributed by atoms with Crippen LogP contribution in [-0.2, 0) is 9.59 Å². The maximum Gasteiger partial charge on any atom is 0.300 e. The summed E-state index contributed by atoms with van der Waals surface area (Å²) in [6, 6.07) is 14.9. The van der Waals surface area contributed by atoms with E-state index in [2.05, 4.69) is 0 Å². The number of amides is 1. The summed E-state index contributed by atoms with van der Waals surface area (Å²) in [5, 5.41) is 13.5. The van der Waals surface area contributed by atoms with Gasteiger partial charge in [0, 0.05) is 15.6 Å². The molecule has 1 aromatic heterocycles. The van der Waals surface area contributed by atoms with Crippen LogP contribution in [-0.4, -0.2) is 23.9 Å². The number of aliphatic hydroxyl groups is 1. The van der Waals surface area contributed by atoms with E-state index < -0.39 is 17.7 Å². The highest BCUT2D eigenvalue weighted by atomic mass is 35.5. The average Bonchev–Trinajstić information content (AvgIpc) is 3.36. The fraction of sp³-hybridized carbons (Fsp3) is 0.130. The molecule has 0 saturated carbocycles. The summed E-state index contributed by atoms with van der Waals surface area (Å²) >= 11 is 7.59. The van der Waals surface area contributed by atoms with Gasteiger partial charge in [0.05, 0.1) is 18.2 Å². The smallest absolute Gasteiger partial charge is 0.300 e. The molecule has 1 N–H and O–H groups in total. The number of para-hydroxylation sites is 1. The van der Waals surface area contributed by atoms with Crippen molar-refractivity contribution in [2.75, 3.05) is 12.0 Å². The lowest BCUT2D eigenvalue weighted by atomic mass is 9.99. The molecule has 0 aliphatic carbocycles. The Labute approximate surface area is 182 Å². The van der Waals surface area contributed by atoms with Crippen LogP contribution >= 0.6 is 22.9 Å². The van der Waals surface area contributed by atoms with E-state index in [1.54, 1.807) is 42.5 Å². The van der Waals surface area contributed by atoms with Crippen molar-refractivity contribution in [3.05, 3.63) is 86.6 Å². The summed E-state index contributed by atoms with van der Waals surface area (Å²) in [6.07, 6.45) is 0. The van der Waals surface area contributed by atoms with Crippen LogP contribution in [0.3, 0.4) is 0 Å². The summed E-state index contributed by atoms with van der Waals surface area (Å²) < 4.78 is 5.34. The van der Waals surface area contributed by atoms with Crippen LogP contribution in [0.4, 0.5) is 5.69 Å². The molecule has 0 bridgehead atoms. The Morgan fingerprint density at radius 3 is 2.60 bits per heavy atom. The second-order valence-corrected chi connectivity index (χ2v) is 8.23. The van der Waals surface area contributed by atoms with Crippen molar-refractivity contribution in [2.24, 2.45) is 0 Å². The van der Waals surface area contributed by atoms with Crippen molar-refractivity contribution in [3.8, 4) is 5.75 Å². The van der Waals surface area contributed by atoms with Gasteiger partial charge in [-0.05, 0) is 48.2 Å². The number of benzene rings is 2. The van der Waals surface area contributed by atoms with Gasteiger partial charge in [-0.25, -0.2) is 0 Å². The number of halogens is 1. The molecule has 0 spiro atoms. The highest BCUT2D eigenvalue weighted by Crippen LogP contribution is 2.45. The minimum absolute atomic E-state index is 0.0197. The summed E-state index contributed by atoms with van der Waals surface area (Å²) in [7, 11) is 1.48. The summed E-state index contributed by atoms with van der Waals surface area (Å²) in [4.78, 5) is 28.4. The van der Waals surface area contributed by atoms with Gasteiger partial charge >= 0.3 is 0 Å². The Morgan fingerprint density at radius 2 is 1.90 bits per heavy atom. The van der Waals surface area contributed by atoms with E-state index >= 15 is 0 Å². The molecule has 0 radical (unpaired) electrons. The number of hydrogen-bond donors (Lipinski definition) is 1.